The third kappa shape index (κ3) is 3.08. The van der Waals surface area contributed by atoms with E-state index >= 15 is 0 Å². The van der Waals surface area contributed by atoms with Gasteiger partial charge >= 0.3 is 6.18 Å². The number of hydrogen-bond donors (Lipinski definition) is 1. The van der Waals surface area contributed by atoms with E-state index in [9.17, 15) is 18.0 Å². The van der Waals surface area contributed by atoms with Crippen LogP contribution in [0.5, 0.6) is 0 Å². The molecule has 1 aromatic heterocycles. The molecule has 106 valence electrons. The summed E-state index contributed by atoms with van der Waals surface area (Å²) < 4.78 is 42.5. The maximum absolute atomic E-state index is 12.6. The molecule has 0 bridgehead atoms. The number of alkyl halides is 3. The van der Waals surface area contributed by atoms with Crippen molar-refractivity contribution >= 4 is 34.8 Å². The van der Waals surface area contributed by atoms with Gasteiger partial charge in [0.05, 0.1) is 28.1 Å². The van der Waals surface area contributed by atoms with Gasteiger partial charge in [-0.05, 0) is 35.9 Å². The smallest absolute Gasteiger partial charge is 0.416 e. The minimum atomic E-state index is -4.53. The fraction of sp³-hybridized carbons (Fsp3) is 0.0833. The minimum absolute atomic E-state index is 0.000134. The summed E-state index contributed by atoms with van der Waals surface area (Å²) >= 11 is 11.4. The van der Waals surface area contributed by atoms with Crippen molar-refractivity contribution in [3.8, 4) is 0 Å². The summed E-state index contributed by atoms with van der Waals surface area (Å²) in [5.41, 5.74) is -1.08. The lowest BCUT2D eigenvalue weighted by molar-refractivity contribution is -0.137. The number of amides is 1. The highest BCUT2D eigenvalue weighted by Crippen LogP contribution is 2.34. The second kappa shape index (κ2) is 5.38. The lowest BCUT2D eigenvalue weighted by Gasteiger charge is -2.11. The Hall–Kier alpha value is -1.66. The molecule has 0 atom stereocenters. The van der Waals surface area contributed by atoms with E-state index in [2.05, 4.69) is 5.32 Å². The molecule has 20 heavy (non-hydrogen) atoms. The first-order chi connectivity index (χ1) is 9.29. The zero-order valence-electron chi connectivity index (χ0n) is 9.59. The van der Waals surface area contributed by atoms with Crippen molar-refractivity contribution in [2.45, 2.75) is 6.18 Å². The zero-order chi connectivity index (χ0) is 14.9. The molecule has 0 unspecified atom stereocenters. The largest absolute Gasteiger partial charge is 0.452 e. The predicted molar refractivity (Wildman–Crippen MR) is 68.1 cm³/mol. The molecule has 8 heteroatoms. The summed E-state index contributed by atoms with van der Waals surface area (Å²) in [6, 6.07) is 3.91. The first-order valence-corrected chi connectivity index (χ1v) is 5.95. The predicted octanol–water partition coefficient (Wildman–Crippen LogP) is 4.86. The quantitative estimate of drug-likeness (QED) is 0.857. The van der Waals surface area contributed by atoms with Gasteiger partial charge in [0.1, 0.15) is 0 Å². The fourth-order valence-corrected chi connectivity index (χ4v) is 1.81. The summed E-state index contributed by atoms with van der Waals surface area (Å²) in [7, 11) is 0. The molecule has 0 saturated heterocycles. The average Bonchev–Trinajstić information content (AvgIpc) is 2.77. The van der Waals surface area contributed by atoms with Crippen LogP contribution in [0.15, 0.2) is 34.9 Å². The zero-order valence-corrected chi connectivity index (χ0v) is 11.1. The number of anilines is 1. The number of benzene rings is 1. The Morgan fingerprint density at radius 2 is 1.90 bits per heavy atom. The van der Waals surface area contributed by atoms with Gasteiger partial charge in [-0.15, -0.1) is 0 Å². The summed E-state index contributed by atoms with van der Waals surface area (Å²) in [5.74, 6) is -0.718. The molecule has 0 aliphatic rings. The third-order valence-electron chi connectivity index (χ3n) is 2.40. The Morgan fingerprint density at radius 1 is 1.20 bits per heavy atom. The third-order valence-corrected chi connectivity index (χ3v) is 3.03. The summed E-state index contributed by atoms with van der Waals surface area (Å²) in [6.45, 7) is 0. The van der Waals surface area contributed by atoms with Gasteiger partial charge in [-0.25, -0.2) is 0 Å². The van der Waals surface area contributed by atoms with E-state index in [4.69, 9.17) is 27.6 Å². The van der Waals surface area contributed by atoms with Crippen molar-refractivity contribution in [2.24, 2.45) is 0 Å². The van der Waals surface area contributed by atoms with Crippen LogP contribution in [0, 0.1) is 0 Å². The maximum atomic E-state index is 12.6. The van der Waals surface area contributed by atoms with E-state index in [1.54, 1.807) is 0 Å². The SMILES string of the molecule is O=C(Nc1cc(C(F)(F)F)ccc1Cl)c1ccoc1Cl. The van der Waals surface area contributed by atoms with E-state index < -0.39 is 17.6 Å². The van der Waals surface area contributed by atoms with Crippen molar-refractivity contribution in [3.63, 3.8) is 0 Å². The minimum Gasteiger partial charge on any atom is -0.452 e. The molecule has 0 aliphatic carbocycles. The Bertz CT molecular complexity index is 652. The van der Waals surface area contributed by atoms with Gasteiger partial charge < -0.3 is 9.73 Å². The first-order valence-electron chi connectivity index (χ1n) is 5.20. The lowest BCUT2D eigenvalue weighted by atomic mass is 10.2. The summed E-state index contributed by atoms with van der Waals surface area (Å²) in [4.78, 5) is 11.8. The highest BCUT2D eigenvalue weighted by Gasteiger charge is 2.31. The summed E-state index contributed by atoms with van der Waals surface area (Å²) in [6.07, 6.45) is -3.34. The van der Waals surface area contributed by atoms with Crippen LogP contribution in [-0.4, -0.2) is 5.91 Å². The monoisotopic (exact) mass is 323 g/mol. The molecule has 1 heterocycles. The van der Waals surface area contributed by atoms with Gasteiger partial charge in [-0.2, -0.15) is 13.2 Å². The van der Waals surface area contributed by atoms with Gasteiger partial charge in [0.15, 0.2) is 0 Å². The molecule has 0 spiro atoms. The fourth-order valence-electron chi connectivity index (χ4n) is 1.44. The number of nitrogens with one attached hydrogen (secondary N) is 1. The summed E-state index contributed by atoms with van der Waals surface area (Å²) in [5, 5.41) is 2.07. The van der Waals surface area contributed by atoms with Crippen LogP contribution < -0.4 is 5.32 Å². The van der Waals surface area contributed by atoms with Gasteiger partial charge in [0, 0.05) is 0 Å². The van der Waals surface area contributed by atoms with Gasteiger partial charge in [-0.1, -0.05) is 11.6 Å². The second-order valence-corrected chi connectivity index (χ2v) is 4.50. The highest BCUT2D eigenvalue weighted by atomic mass is 35.5. The van der Waals surface area contributed by atoms with Crippen LogP contribution in [0.4, 0.5) is 18.9 Å². The highest BCUT2D eigenvalue weighted by molar-refractivity contribution is 6.35. The molecular weight excluding hydrogens is 318 g/mol. The van der Waals surface area contributed by atoms with Crippen LogP contribution in [0.2, 0.25) is 10.2 Å². The normalized spacial score (nSPS) is 11.4. The number of carbonyl (C=O) groups is 1. The second-order valence-electron chi connectivity index (χ2n) is 3.75. The lowest BCUT2D eigenvalue weighted by Crippen LogP contribution is -2.13. The van der Waals surface area contributed by atoms with Crippen LogP contribution >= 0.6 is 23.2 Å². The average molecular weight is 324 g/mol. The van der Waals surface area contributed by atoms with E-state index in [1.165, 1.54) is 12.3 Å². The molecule has 1 N–H and O–H groups in total. The molecule has 1 amide bonds. The van der Waals surface area contributed by atoms with Crippen molar-refractivity contribution in [1.82, 2.24) is 0 Å². The van der Waals surface area contributed by atoms with E-state index in [0.29, 0.717) is 0 Å². The van der Waals surface area contributed by atoms with Gasteiger partial charge in [-0.3, -0.25) is 4.79 Å². The Kier molecular flexibility index (Phi) is 3.96. The van der Waals surface area contributed by atoms with E-state index in [-0.39, 0.29) is 21.5 Å². The van der Waals surface area contributed by atoms with Gasteiger partial charge in [0.2, 0.25) is 5.22 Å². The topological polar surface area (TPSA) is 42.2 Å². The van der Waals surface area contributed by atoms with Crippen LogP contribution in [-0.2, 0) is 6.18 Å². The molecule has 0 fully saturated rings. The van der Waals surface area contributed by atoms with Crippen LogP contribution in [0.1, 0.15) is 15.9 Å². The maximum Gasteiger partial charge on any atom is 0.416 e. The Balaban J connectivity index is 2.30. The molecule has 0 aliphatic heterocycles. The Labute approximate surface area is 121 Å². The number of furan rings is 1. The van der Waals surface area contributed by atoms with E-state index in [1.807, 2.05) is 0 Å². The molecule has 2 rings (SSSR count). The number of hydrogen-bond acceptors (Lipinski definition) is 2. The first kappa shape index (κ1) is 14.7. The number of rotatable bonds is 2. The van der Waals surface area contributed by atoms with Crippen molar-refractivity contribution in [2.75, 3.05) is 5.32 Å². The van der Waals surface area contributed by atoms with Crippen molar-refractivity contribution < 1.29 is 22.4 Å². The number of carbonyl (C=O) groups excluding carboxylic acids is 1. The standard InChI is InChI=1S/C12H6Cl2F3NO2/c13-8-2-1-6(12(15,16)17)5-9(8)18-11(19)7-3-4-20-10(7)14/h1-5H,(H,18,19). The molecule has 2 aromatic rings. The van der Waals surface area contributed by atoms with Gasteiger partial charge in [0.25, 0.3) is 5.91 Å². The molecule has 0 radical (unpaired) electrons. The van der Waals surface area contributed by atoms with Crippen LogP contribution in [0.25, 0.3) is 0 Å². The Morgan fingerprint density at radius 3 is 2.45 bits per heavy atom. The van der Waals surface area contributed by atoms with Crippen molar-refractivity contribution in [1.29, 1.82) is 0 Å². The molecular formula is C12H6Cl2F3NO2. The number of halogens is 5. The molecule has 3 nitrogen and oxygen atoms in total. The van der Waals surface area contributed by atoms with Crippen LogP contribution in [0.3, 0.4) is 0 Å². The molecule has 0 saturated carbocycles. The van der Waals surface area contributed by atoms with Crippen molar-refractivity contribution in [3.05, 3.63) is 51.9 Å². The van der Waals surface area contributed by atoms with E-state index in [0.717, 1.165) is 18.2 Å². The molecule has 1 aromatic carbocycles.